The minimum Gasteiger partial charge on any atom is -0.309 e. The van der Waals surface area contributed by atoms with Crippen LogP contribution >= 0.6 is 11.8 Å². The SMILES string of the molecule is C[C@H](S[C@@H]1CCCN(c2cnn(C)c2)C1=O)c1ccc(C#N)cc1. The van der Waals surface area contributed by atoms with Crippen molar-refractivity contribution in [3.63, 3.8) is 0 Å². The molecule has 0 radical (unpaired) electrons. The lowest BCUT2D eigenvalue weighted by atomic mass is 10.1. The van der Waals surface area contributed by atoms with Crippen LogP contribution in [0.5, 0.6) is 0 Å². The van der Waals surface area contributed by atoms with Gasteiger partial charge in [0.1, 0.15) is 0 Å². The van der Waals surface area contributed by atoms with Crippen molar-refractivity contribution in [2.24, 2.45) is 7.05 Å². The van der Waals surface area contributed by atoms with Gasteiger partial charge in [0.2, 0.25) is 5.91 Å². The fraction of sp³-hybridized carbons (Fsp3) is 0.389. The highest BCUT2D eigenvalue weighted by Gasteiger charge is 2.32. The standard InChI is InChI=1S/C18H20N4OS/c1-13(15-7-5-14(10-19)6-8-15)24-17-4-3-9-22(18(17)23)16-11-20-21(2)12-16/h5-8,11-13,17H,3-4,9H2,1-2H3/t13-,17+/m0/s1. The second-order valence-corrected chi connectivity index (χ2v) is 7.55. The Labute approximate surface area is 146 Å². The van der Waals surface area contributed by atoms with Gasteiger partial charge in [0.15, 0.2) is 0 Å². The molecular formula is C18H20N4OS. The Morgan fingerprint density at radius 2 is 2.12 bits per heavy atom. The quantitative estimate of drug-likeness (QED) is 0.857. The number of nitrogens with zero attached hydrogens (tertiary/aromatic N) is 4. The first kappa shape index (κ1) is 16.6. The molecule has 0 aliphatic carbocycles. The summed E-state index contributed by atoms with van der Waals surface area (Å²) in [7, 11) is 1.86. The number of hydrogen-bond donors (Lipinski definition) is 0. The largest absolute Gasteiger partial charge is 0.309 e. The van der Waals surface area contributed by atoms with E-state index < -0.39 is 0 Å². The van der Waals surface area contributed by atoms with Crippen LogP contribution in [0.25, 0.3) is 0 Å². The summed E-state index contributed by atoms with van der Waals surface area (Å²) in [6.45, 7) is 2.87. The van der Waals surface area contributed by atoms with E-state index in [0.717, 1.165) is 30.6 Å². The van der Waals surface area contributed by atoms with Crippen LogP contribution in [-0.2, 0) is 11.8 Å². The lowest BCUT2D eigenvalue weighted by molar-refractivity contribution is -0.119. The topological polar surface area (TPSA) is 61.9 Å². The third kappa shape index (κ3) is 3.46. The van der Waals surface area contributed by atoms with Crippen molar-refractivity contribution in [1.82, 2.24) is 9.78 Å². The normalized spacial score (nSPS) is 19.1. The van der Waals surface area contributed by atoms with Gasteiger partial charge < -0.3 is 4.90 Å². The monoisotopic (exact) mass is 340 g/mol. The Morgan fingerprint density at radius 1 is 1.38 bits per heavy atom. The van der Waals surface area contributed by atoms with Crippen molar-refractivity contribution in [2.75, 3.05) is 11.4 Å². The second kappa shape index (κ2) is 7.10. The zero-order valence-corrected chi connectivity index (χ0v) is 14.7. The zero-order valence-electron chi connectivity index (χ0n) is 13.8. The Balaban J connectivity index is 1.69. The predicted molar refractivity (Wildman–Crippen MR) is 95.7 cm³/mol. The summed E-state index contributed by atoms with van der Waals surface area (Å²) in [5, 5.41) is 13.2. The molecule has 2 heterocycles. The Bertz CT molecular complexity index is 762. The van der Waals surface area contributed by atoms with E-state index in [0.29, 0.717) is 5.56 Å². The minimum absolute atomic E-state index is 0.0374. The van der Waals surface area contributed by atoms with Crippen molar-refractivity contribution in [2.45, 2.75) is 30.3 Å². The van der Waals surface area contributed by atoms with E-state index in [2.05, 4.69) is 18.1 Å². The maximum absolute atomic E-state index is 12.8. The predicted octanol–water partition coefficient (Wildman–Crippen LogP) is 3.28. The third-order valence-corrected chi connectivity index (χ3v) is 5.72. The number of amides is 1. The summed E-state index contributed by atoms with van der Waals surface area (Å²) < 4.78 is 1.72. The van der Waals surface area contributed by atoms with Crippen LogP contribution in [0, 0.1) is 11.3 Å². The average molecular weight is 340 g/mol. The summed E-state index contributed by atoms with van der Waals surface area (Å²) in [5.41, 5.74) is 2.68. The smallest absolute Gasteiger partial charge is 0.240 e. The fourth-order valence-corrected chi connectivity index (χ4v) is 4.28. The number of anilines is 1. The summed E-state index contributed by atoms with van der Waals surface area (Å²) in [6, 6.07) is 9.74. The number of rotatable bonds is 4. The molecule has 2 aromatic rings. The van der Waals surface area contributed by atoms with Crippen molar-refractivity contribution in [1.29, 1.82) is 5.26 Å². The van der Waals surface area contributed by atoms with Crippen LogP contribution in [0.4, 0.5) is 5.69 Å². The molecule has 2 atom stereocenters. The first-order valence-corrected chi connectivity index (χ1v) is 8.98. The van der Waals surface area contributed by atoms with Crippen LogP contribution < -0.4 is 4.90 Å². The van der Waals surface area contributed by atoms with E-state index in [9.17, 15) is 4.79 Å². The summed E-state index contributed by atoms with van der Waals surface area (Å²) in [4.78, 5) is 14.7. The van der Waals surface area contributed by atoms with Gasteiger partial charge in [-0.25, -0.2) is 0 Å². The molecule has 1 fully saturated rings. The molecule has 6 heteroatoms. The van der Waals surface area contributed by atoms with Gasteiger partial charge in [-0.3, -0.25) is 9.48 Å². The van der Waals surface area contributed by atoms with Gasteiger partial charge in [-0.1, -0.05) is 12.1 Å². The minimum atomic E-state index is -0.0374. The number of aryl methyl sites for hydroxylation is 1. The molecule has 1 aliphatic rings. The van der Waals surface area contributed by atoms with Gasteiger partial charge in [-0.05, 0) is 37.5 Å². The lowest BCUT2D eigenvalue weighted by Gasteiger charge is -2.32. The molecule has 1 aromatic carbocycles. The van der Waals surface area contributed by atoms with Crippen LogP contribution in [0.1, 0.15) is 36.1 Å². The van der Waals surface area contributed by atoms with Crippen LogP contribution in [-0.4, -0.2) is 27.5 Å². The number of hydrogen-bond acceptors (Lipinski definition) is 4. The van der Waals surface area contributed by atoms with Crippen LogP contribution in [0.2, 0.25) is 0 Å². The zero-order chi connectivity index (χ0) is 17.1. The molecular weight excluding hydrogens is 320 g/mol. The average Bonchev–Trinajstić information content (AvgIpc) is 3.03. The number of piperidine rings is 1. The van der Waals surface area contributed by atoms with E-state index in [1.165, 1.54) is 0 Å². The van der Waals surface area contributed by atoms with E-state index in [1.807, 2.05) is 42.4 Å². The third-order valence-electron chi connectivity index (χ3n) is 4.27. The van der Waals surface area contributed by atoms with E-state index in [1.54, 1.807) is 22.6 Å². The second-order valence-electron chi connectivity index (χ2n) is 6.01. The lowest BCUT2D eigenvalue weighted by Crippen LogP contribution is -2.43. The van der Waals surface area contributed by atoms with E-state index >= 15 is 0 Å². The molecule has 1 saturated heterocycles. The highest BCUT2D eigenvalue weighted by molar-refractivity contribution is 8.00. The molecule has 1 amide bonds. The maximum Gasteiger partial charge on any atom is 0.240 e. The Hall–Kier alpha value is -2.26. The van der Waals surface area contributed by atoms with Crippen molar-refractivity contribution < 1.29 is 4.79 Å². The number of benzene rings is 1. The van der Waals surface area contributed by atoms with Crippen LogP contribution in [0.3, 0.4) is 0 Å². The van der Waals surface area contributed by atoms with E-state index in [-0.39, 0.29) is 16.4 Å². The molecule has 1 aliphatic heterocycles. The maximum atomic E-state index is 12.8. The molecule has 1 aromatic heterocycles. The first-order valence-electron chi connectivity index (χ1n) is 8.04. The molecule has 3 rings (SSSR count). The van der Waals surface area contributed by atoms with Gasteiger partial charge in [0, 0.05) is 25.0 Å². The van der Waals surface area contributed by atoms with Crippen molar-refractivity contribution >= 4 is 23.4 Å². The molecule has 0 saturated carbocycles. The molecule has 124 valence electrons. The van der Waals surface area contributed by atoms with Gasteiger partial charge >= 0.3 is 0 Å². The van der Waals surface area contributed by atoms with Gasteiger partial charge in [0.05, 0.1) is 28.8 Å². The molecule has 5 nitrogen and oxygen atoms in total. The Morgan fingerprint density at radius 3 is 2.75 bits per heavy atom. The molecule has 24 heavy (non-hydrogen) atoms. The molecule has 0 bridgehead atoms. The summed E-state index contributed by atoms with van der Waals surface area (Å²) in [5.74, 6) is 0.166. The Kier molecular flexibility index (Phi) is 4.91. The van der Waals surface area contributed by atoms with Gasteiger partial charge in [-0.15, -0.1) is 11.8 Å². The summed E-state index contributed by atoms with van der Waals surface area (Å²) in [6.07, 6.45) is 5.53. The molecule has 0 spiro atoms. The number of aromatic nitrogens is 2. The molecule has 0 N–H and O–H groups in total. The number of nitriles is 1. The first-order chi connectivity index (χ1) is 11.6. The van der Waals surface area contributed by atoms with E-state index in [4.69, 9.17) is 5.26 Å². The molecule has 0 unspecified atom stereocenters. The van der Waals surface area contributed by atoms with Gasteiger partial charge in [0.25, 0.3) is 0 Å². The van der Waals surface area contributed by atoms with Crippen molar-refractivity contribution in [3.05, 3.63) is 47.8 Å². The van der Waals surface area contributed by atoms with Gasteiger partial charge in [-0.2, -0.15) is 10.4 Å². The summed E-state index contributed by atoms with van der Waals surface area (Å²) >= 11 is 1.70. The van der Waals surface area contributed by atoms with Crippen LogP contribution in [0.15, 0.2) is 36.7 Å². The number of carbonyl (C=O) groups is 1. The van der Waals surface area contributed by atoms with Crippen molar-refractivity contribution in [3.8, 4) is 6.07 Å². The number of carbonyl (C=O) groups excluding carboxylic acids is 1. The highest BCUT2D eigenvalue weighted by Crippen LogP contribution is 2.37. The number of thioether (sulfide) groups is 1. The fourth-order valence-electron chi connectivity index (χ4n) is 2.93. The highest BCUT2D eigenvalue weighted by atomic mass is 32.2.